The molecule has 0 atom stereocenters. The standard InChI is InChI=1S/C17H14N6O2S/c1-25-9-11-13(10-5-3-2-4-6-10)15-20-19-14-12(23(15)21-11)7-8-22(16(14)24)17(18)26/h2-8H,9H2,1H3,(H2,18,26). The summed E-state index contributed by atoms with van der Waals surface area (Å²) in [6, 6.07) is 11.4. The third-order valence-corrected chi connectivity index (χ3v) is 4.23. The lowest BCUT2D eigenvalue weighted by Crippen LogP contribution is -2.31. The molecule has 0 spiro atoms. The number of fused-ring (bicyclic) bond motifs is 3. The number of methoxy groups -OCH3 is 1. The van der Waals surface area contributed by atoms with E-state index in [1.165, 1.54) is 6.20 Å². The van der Waals surface area contributed by atoms with E-state index in [4.69, 9.17) is 22.7 Å². The van der Waals surface area contributed by atoms with Crippen LogP contribution in [0.2, 0.25) is 0 Å². The fourth-order valence-electron chi connectivity index (χ4n) is 2.90. The molecular weight excluding hydrogens is 352 g/mol. The number of hydrogen-bond acceptors (Lipinski definition) is 6. The average molecular weight is 366 g/mol. The molecule has 9 heteroatoms. The molecule has 3 heterocycles. The van der Waals surface area contributed by atoms with Crippen molar-refractivity contribution in [3.63, 3.8) is 0 Å². The Bertz CT molecular complexity index is 1200. The van der Waals surface area contributed by atoms with Crippen LogP contribution in [0, 0.1) is 0 Å². The number of thiocarbonyl (C=S) groups is 1. The monoisotopic (exact) mass is 366 g/mol. The molecule has 0 saturated heterocycles. The van der Waals surface area contributed by atoms with Crippen LogP contribution in [0.5, 0.6) is 0 Å². The van der Waals surface area contributed by atoms with Gasteiger partial charge in [-0.2, -0.15) is 5.10 Å². The molecule has 0 radical (unpaired) electrons. The molecule has 0 saturated carbocycles. The Hall–Kier alpha value is -3.17. The van der Waals surface area contributed by atoms with Gasteiger partial charge in [-0.15, -0.1) is 10.2 Å². The van der Waals surface area contributed by atoms with E-state index < -0.39 is 5.56 Å². The smallest absolute Gasteiger partial charge is 0.286 e. The molecule has 0 aliphatic carbocycles. The van der Waals surface area contributed by atoms with Crippen LogP contribution in [0.4, 0.5) is 0 Å². The number of nitrogens with zero attached hydrogens (tertiary/aromatic N) is 5. The van der Waals surface area contributed by atoms with Gasteiger partial charge in [0.15, 0.2) is 16.3 Å². The SMILES string of the molecule is COCc1nn2c(nnc3c(=O)n(C(N)=S)ccc32)c1-c1ccccc1. The average Bonchev–Trinajstić information content (AvgIpc) is 3.01. The van der Waals surface area contributed by atoms with E-state index in [1.807, 2.05) is 30.3 Å². The Morgan fingerprint density at radius 2 is 2.00 bits per heavy atom. The number of ether oxygens (including phenoxy) is 1. The van der Waals surface area contributed by atoms with Crippen LogP contribution in [-0.2, 0) is 11.3 Å². The van der Waals surface area contributed by atoms with Gasteiger partial charge >= 0.3 is 0 Å². The minimum Gasteiger partial charge on any atom is -0.378 e. The maximum absolute atomic E-state index is 12.5. The molecular formula is C17H14N6O2S. The van der Waals surface area contributed by atoms with Crippen LogP contribution in [0.15, 0.2) is 47.4 Å². The van der Waals surface area contributed by atoms with Gasteiger partial charge in [-0.05, 0) is 23.8 Å². The molecule has 1 aromatic carbocycles. The summed E-state index contributed by atoms with van der Waals surface area (Å²) in [5.74, 6) is 0. The van der Waals surface area contributed by atoms with Gasteiger partial charge in [0.25, 0.3) is 5.56 Å². The summed E-state index contributed by atoms with van der Waals surface area (Å²) in [5, 5.41) is 12.9. The van der Waals surface area contributed by atoms with E-state index in [2.05, 4.69) is 15.3 Å². The van der Waals surface area contributed by atoms with Crippen LogP contribution in [0.3, 0.4) is 0 Å². The zero-order chi connectivity index (χ0) is 18.3. The topological polar surface area (TPSA) is 100 Å². The number of hydrogen-bond donors (Lipinski definition) is 1. The van der Waals surface area contributed by atoms with E-state index in [9.17, 15) is 4.79 Å². The molecule has 4 rings (SSSR count). The molecule has 4 aromatic rings. The van der Waals surface area contributed by atoms with Gasteiger partial charge in [-0.1, -0.05) is 30.3 Å². The van der Waals surface area contributed by atoms with Crippen molar-refractivity contribution in [3.05, 3.63) is 58.6 Å². The summed E-state index contributed by atoms with van der Waals surface area (Å²) in [6.07, 6.45) is 1.51. The molecule has 3 aromatic heterocycles. The summed E-state index contributed by atoms with van der Waals surface area (Å²) >= 11 is 4.89. The minimum atomic E-state index is -0.436. The summed E-state index contributed by atoms with van der Waals surface area (Å²) in [7, 11) is 1.60. The maximum Gasteiger partial charge on any atom is 0.286 e. The molecule has 0 amide bonds. The Kier molecular flexibility index (Phi) is 3.94. The van der Waals surface area contributed by atoms with E-state index >= 15 is 0 Å². The lowest BCUT2D eigenvalue weighted by Gasteiger charge is -2.05. The lowest BCUT2D eigenvalue weighted by atomic mass is 10.1. The number of nitrogens with two attached hydrogens (primary N) is 1. The van der Waals surface area contributed by atoms with Gasteiger partial charge < -0.3 is 10.5 Å². The van der Waals surface area contributed by atoms with Crippen LogP contribution in [-0.4, -0.2) is 36.6 Å². The van der Waals surface area contributed by atoms with Crippen molar-refractivity contribution >= 4 is 34.0 Å². The number of pyridine rings is 1. The fraction of sp³-hybridized carbons (Fsp3) is 0.118. The second-order valence-corrected chi connectivity index (χ2v) is 6.04. The molecule has 0 aliphatic heterocycles. The highest BCUT2D eigenvalue weighted by Crippen LogP contribution is 2.28. The molecule has 8 nitrogen and oxygen atoms in total. The first-order chi connectivity index (χ1) is 12.6. The fourth-order valence-corrected chi connectivity index (χ4v) is 3.05. The van der Waals surface area contributed by atoms with Gasteiger partial charge in [0.1, 0.15) is 5.52 Å². The largest absolute Gasteiger partial charge is 0.378 e. The van der Waals surface area contributed by atoms with Crippen molar-refractivity contribution in [2.24, 2.45) is 5.73 Å². The Labute approximate surface area is 152 Å². The van der Waals surface area contributed by atoms with E-state index in [1.54, 1.807) is 17.7 Å². The highest BCUT2D eigenvalue weighted by atomic mass is 32.1. The molecule has 0 fully saturated rings. The predicted molar refractivity (Wildman–Crippen MR) is 101 cm³/mol. The van der Waals surface area contributed by atoms with Crippen molar-refractivity contribution < 1.29 is 4.74 Å². The van der Waals surface area contributed by atoms with Crippen molar-refractivity contribution in [1.82, 2.24) is 24.4 Å². The molecule has 0 unspecified atom stereocenters. The summed E-state index contributed by atoms with van der Waals surface area (Å²) in [6.45, 7) is 0.305. The van der Waals surface area contributed by atoms with Gasteiger partial charge in [-0.3, -0.25) is 9.36 Å². The first-order valence-electron chi connectivity index (χ1n) is 7.75. The zero-order valence-corrected chi connectivity index (χ0v) is 14.6. The Balaban J connectivity index is 2.09. The predicted octanol–water partition coefficient (Wildman–Crippen LogP) is 1.34. The molecule has 26 heavy (non-hydrogen) atoms. The van der Waals surface area contributed by atoms with Gasteiger partial charge in [0, 0.05) is 13.3 Å². The highest BCUT2D eigenvalue weighted by Gasteiger charge is 2.19. The highest BCUT2D eigenvalue weighted by molar-refractivity contribution is 7.80. The Morgan fingerprint density at radius 1 is 1.23 bits per heavy atom. The van der Waals surface area contributed by atoms with E-state index in [0.717, 1.165) is 15.7 Å². The van der Waals surface area contributed by atoms with Gasteiger partial charge in [0.05, 0.1) is 17.9 Å². The van der Waals surface area contributed by atoms with Crippen molar-refractivity contribution in [1.29, 1.82) is 0 Å². The second kappa shape index (κ2) is 6.28. The van der Waals surface area contributed by atoms with Crippen LogP contribution in [0.1, 0.15) is 5.69 Å². The lowest BCUT2D eigenvalue weighted by molar-refractivity contribution is 0.181. The summed E-state index contributed by atoms with van der Waals surface area (Å²) in [4.78, 5) is 12.5. The molecule has 0 bridgehead atoms. The zero-order valence-electron chi connectivity index (χ0n) is 13.8. The Morgan fingerprint density at radius 3 is 2.69 bits per heavy atom. The molecule has 0 aliphatic rings. The van der Waals surface area contributed by atoms with Crippen LogP contribution < -0.4 is 11.3 Å². The van der Waals surface area contributed by atoms with E-state index in [0.29, 0.717) is 23.5 Å². The van der Waals surface area contributed by atoms with Gasteiger partial charge in [-0.25, -0.2) is 4.52 Å². The second-order valence-electron chi connectivity index (χ2n) is 5.62. The summed E-state index contributed by atoms with van der Waals surface area (Å²) < 4.78 is 8.03. The quantitative estimate of drug-likeness (QED) is 0.546. The molecule has 130 valence electrons. The van der Waals surface area contributed by atoms with Gasteiger partial charge in [0.2, 0.25) is 0 Å². The normalized spacial score (nSPS) is 11.3. The number of rotatable bonds is 3. The number of benzene rings is 1. The third kappa shape index (κ3) is 2.45. The van der Waals surface area contributed by atoms with Crippen LogP contribution >= 0.6 is 12.2 Å². The van der Waals surface area contributed by atoms with Crippen LogP contribution in [0.25, 0.3) is 27.8 Å². The van der Waals surface area contributed by atoms with Crippen molar-refractivity contribution in [2.75, 3.05) is 7.11 Å². The van der Waals surface area contributed by atoms with Crippen molar-refractivity contribution in [3.8, 4) is 11.1 Å². The molecule has 2 N–H and O–H groups in total. The summed E-state index contributed by atoms with van der Waals surface area (Å²) in [5.41, 5.74) is 8.81. The van der Waals surface area contributed by atoms with E-state index in [-0.39, 0.29) is 10.6 Å². The number of aromatic nitrogens is 5. The van der Waals surface area contributed by atoms with Crippen molar-refractivity contribution in [2.45, 2.75) is 6.61 Å². The first kappa shape index (κ1) is 16.3. The minimum absolute atomic E-state index is 0.0516. The first-order valence-corrected chi connectivity index (χ1v) is 8.16. The third-order valence-electron chi connectivity index (χ3n) is 4.03. The maximum atomic E-state index is 12.5.